The summed E-state index contributed by atoms with van der Waals surface area (Å²) < 4.78 is 67.6. The smallest absolute Gasteiger partial charge is 0.431 e. The summed E-state index contributed by atoms with van der Waals surface area (Å²) in [5, 5.41) is 14.3. The van der Waals surface area contributed by atoms with Gasteiger partial charge in [0.1, 0.15) is 29.1 Å². The van der Waals surface area contributed by atoms with Gasteiger partial charge in [0.05, 0.1) is 30.4 Å². The molecule has 2 aliphatic rings. The first kappa shape index (κ1) is 29.5. The Morgan fingerprint density at radius 2 is 1.80 bits per heavy atom. The first-order valence-corrected chi connectivity index (χ1v) is 13.5. The Kier molecular flexibility index (Phi) is 8.51. The van der Waals surface area contributed by atoms with Crippen LogP contribution < -0.4 is 19.4 Å². The standard InChI is InChI=1S/C29H35F4N3O4/c1-5-18-17-35(23-15-21(39-6-2)11-12-22(23)30)14-13-24(18)40-20-9-7-19(8-10-20)36-25(16-26(37)38)28(3,4)27(34-36)29(31,32)33/h7-12,15,18,24-25H,5-6,13-14,16-17H2,1-4H3,(H,37,38). The second-order valence-electron chi connectivity index (χ2n) is 10.7. The molecular weight excluding hydrogens is 530 g/mol. The highest BCUT2D eigenvalue weighted by Gasteiger charge is 2.55. The van der Waals surface area contributed by atoms with Gasteiger partial charge >= 0.3 is 12.1 Å². The number of ether oxygens (including phenoxy) is 2. The van der Waals surface area contributed by atoms with E-state index in [1.165, 1.54) is 19.9 Å². The maximum Gasteiger partial charge on any atom is 0.431 e. The van der Waals surface area contributed by atoms with Gasteiger partial charge in [0.15, 0.2) is 0 Å². The van der Waals surface area contributed by atoms with Crippen LogP contribution in [-0.4, -0.2) is 54.8 Å². The first-order valence-electron chi connectivity index (χ1n) is 13.5. The summed E-state index contributed by atoms with van der Waals surface area (Å²) in [4.78, 5) is 13.5. The molecule has 1 N–H and O–H groups in total. The van der Waals surface area contributed by atoms with Crippen molar-refractivity contribution >= 4 is 23.1 Å². The summed E-state index contributed by atoms with van der Waals surface area (Å²) in [5.41, 5.74) is -1.68. The Bertz CT molecular complexity index is 1230. The summed E-state index contributed by atoms with van der Waals surface area (Å²) in [6.45, 7) is 8.32. The third-order valence-electron chi connectivity index (χ3n) is 7.73. The molecule has 0 bridgehead atoms. The zero-order chi connectivity index (χ0) is 29.2. The van der Waals surface area contributed by atoms with E-state index in [0.29, 0.717) is 49.0 Å². The van der Waals surface area contributed by atoms with Crippen LogP contribution >= 0.6 is 0 Å². The molecule has 1 fully saturated rings. The van der Waals surface area contributed by atoms with Gasteiger partial charge in [-0.1, -0.05) is 20.8 Å². The minimum absolute atomic E-state index is 0.113. The number of carbonyl (C=O) groups is 1. The Labute approximate surface area is 231 Å². The van der Waals surface area contributed by atoms with Crippen LogP contribution in [0, 0.1) is 17.2 Å². The molecule has 0 aliphatic carbocycles. The number of anilines is 2. The van der Waals surface area contributed by atoms with Crippen LogP contribution in [-0.2, 0) is 4.79 Å². The normalized spacial score (nSPS) is 22.7. The minimum Gasteiger partial charge on any atom is -0.494 e. The number of halogens is 4. The van der Waals surface area contributed by atoms with E-state index in [1.807, 2.05) is 11.8 Å². The number of alkyl halides is 3. The SMILES string of the molecule is CCOc1ccc(F)c(N2CCC(Oc3ccc(N4N=C(C(F)(F)F)C(C)(C)C4CC(=O)O)cc3)C(CC)C2)c1. The highest BCUT2D eigenvalue weighted by atomic mass is 19.4. The molecule has 2 heterocycles. The van der Waals surface area contributed by atoms with E-state index in [1.54, 1.807) is 36.4 Å². The molecule has 11 heteroatoms. The van der Waals surface area contributed by atoms with E-state index < -0.39 is 35.7 Å². The fourth-order valence-corrected chi connectivity index (χ4v) is 5.56. The quantitative estimate of drug-likeness (QED) is 0.349. The average molecular weight is 566 g/mol. The van der Waals surface area contributed by atoms with Crippen molar-refractivity contribution in [1.29, 1.82) is 0 Å². The van der Waals surface area contributed by atoms with Crippen molar-refractivity contribution in [2.24, 2.45) is 16.4 Å². The number of hydrazone groups is 1. The van der Waals surface area contributed by atoms with Gasteiger partial charge in [-0.05, 0) is 49.7 Å². The van der Waals surface area contributed by atoms with Gasteiger partial charge in [0.2, 0.25) is 0 Å². The van der Waals surface area contributed by atoms with E-state index in [-0.39, 0.29) is 17.8 Å². The molecule has 2 aliphatic heterocycles. The van der Waals surface area contributed by atoms with Gasteiger partial charge in [0, 0.05) is 36.9 Å². The van der Waals surface area contributed by atoms with Crippen molar-refractivity contribution in [3.8, 4) is 11.5 Å². The zero-order valence-corrected chi connectivity index (χ0v) is 23.0. The predicted molar refractivity (Wildman–Crippen MR) is 145 cm³/mol. The fourth-order valence-electron chi connectivity index (χ4n) is 5.56. The highest BCUT2D eigenvalue weighted by molar-refractivity contribution is 5.98. The Balaban J connectivity index is 1.48. The van der Waals surface area contributed by atoms with E-state index in [9.17, 15) is 27.5 Å². The molecule has 0 spiro atoms. The number of carboxylic acid groups (broad SMARTS) is 1. The summed E-state index contributed by atoms with van der Waals surface area (Å²) in [5.74, 6) is -0.247. The molecule has 2 aromatic rings. The van der Waals surface area contributed by atoms with Gasteiger partial charge < -0.3 is 19.5 Å². The first-order chi connectivity index (χ1) is 18.8. The molecule has 0 aromatic heterocycles. The molecular formula is C29H35F4N3O4. The van der Waals surface area contributed by atoms with Gasteiger partial charge in [-0.15, -0.1) is 0 Å². The number of benzene rings is 2. The van der Waals surface area contributed by atoms with Gasteiger partial charge in [-0.3, -0.25) is 9.80 Å². The number of carboxylic acids is 1. The summed E-state index contributed by atoms with van der Waals surface area (Å²) >= 11 is 0. The van der Waals surface area contributed by atoms with Crippen LogP contribution in [0.15, 0.2) is 47.6 Å². The third kappa shape index (κ3) is 6.13. The summed E-state index contributed by atoms with van der Waals surface area (Å²) in [6, 6.07) is 10.2. The molecule has 2 aromatic carbocycles. The lowest BCUT2D eigenvalue weighted by Crippen LogP contribution is -2.45. The number of rotatable bonds is 9. The molecule has 40 heavy (non-hydrogen) atoms. The Morgan fingerprint density at radius 1 is 1.12 bits per heavy atom. The number of hydrogen-bond donors (Lipinski definition) is 1. The van der Waals surface area contributed by atoms with Crippen LogP contribution in [0.4, 0.5) is 28.9 Å². The number of aliphatic carboxylic acids is 1. The van der Waals surface area contributed by atoms with Crippen LogP contribution in [0.25, 0.3) is 0 Å². The summed E-state index contributed by atoms with van der Waals surface area (Å²) in [7, 11) is 0. The van der Waals surface area contributed by atoms with Crippen molar-refractivity contribution in [3.63, 3.8) is 0 Å². The second kappa shape index (κ2) is 11.5. The molecule has 0 amide bonds. The summed E-state index contributed by atoms with van der Waals surface area (Å²) in [6.07, 6.45) is -3.86. The molecule has 0 radical (unpaired) electrons. The maximum atomic E-state index is 14.6. The third-order valence-corrected chi connectivity index (χ3v) is 7.73. The van der Waals surface area contributed by atoms with Crippen molar-refractivity contribution in [2.75, 3.05) is 29.6 Å². The van der Waals surface area contributed by atoms with Crippen molar-refractivity contribution in [3.05, 3.63) is 48.3 Å². The average Bonchev–Trinajstić information content (AvgIpc) is 3.16. The maximum absolute atomic E-state index is 14.6. The number of nitrogens with zero attached hydrogens (tertiary/aromatic N) is 3. The molecule has 3 atom stereocenters. The topological polar surface area (TPSA) is 74.6 Å². The molecule has 0 saturated carbocycles. The van der Waals surface area contributed by atoms with Gasteiger partial charge in [0.25, 0.3) is 0 Å². The Hall–Kier alpha value is -3.50. The van der Waals surface area contributed by atoms with Gasteiger partial charge in [-0.25, -0.2) is 4.39 Å². The fraction of sp³-hybridized carbons (Fsp3) is 0.517. The van der Waals surface area contributed by atoms with E-state index in [4.69, 9.17) is 9.47 Å². The van der Waals surface area contributed by atoms with E-state index in [0.717, 1.165) is 11.4 Å². The molecule has 218 valence electrons. The van der Waals surface area contributed by atoms with Crippen LogP contribution in [0.3, 0.4) is 0 Å². The molecule has 4 rings (SSSR count). The van der Waals surface area contributed by atoms with Crippen LogP contribution in [0.1, 0.15) is 47.0 Å². The second-order valence-corrected chi connectivity index (χ2v) is 10.7. The largest absolute Gasteiger partial charge is 0.494 e. The lowest BCUT2D eigenvalue weighted by Gasteiger charge is -2.39. The number of piperidine rings is 1. The lowest BCUT2D eigenvalue weighted by atomic mass is 9.78. The van der Waals surface area contributed by atoms with Crippen LogP contribution in [0.2, 0.25) is 0 Å². The van der Waals surface area contributed by atoms with Crippen LogP contribution in [0.5, 0.6) is 11.5 Å². The molecule has 7 nitrogen and oxygen atoms in total. The predicted octanol–water partition coefficient (Wildman–Crippen LogP) is 6.52. The minimum atomic E-state index is -4.69. The van der Waals surface area contributed by atoms with Gasteiger partial charge in [-0.2, -0.15) is 18.3 Å². The monoisotopic (exact) mass is 565 g/mol. The van der Waals surface area contributed by atoms with Crippen molar-refractivity contribution < 1.29 is 36.9 Å². The zero-order valence-electron chi connectivity index (χ0n) is 23.0. The van der Waals surface area contributed by atoms with Crippen molar-refractivity contribution in [2.45, 2.75) is 65.3 Å². The number of hydrogen-bond acceptors (Lipinski definition) is 6. The highest BCUT2D eigenvalue weighted by Crippen LogP contribution is 2.44. The lowest BCUT2D eigenvalue weighted by molar-refractivity contribution is -0.137. The Morgan fingerprint density at radius 3 is 2.40 bits per heavy atom. The molecule has 3 unspecified atom stereocenters. The van der Waals surface area contributed by atoms with E-state index in [2.05, 4.69) is 12.0 Å². The molecule has 1 saturated heterocycles. The van der Waals surface area contributed by atoms with E-state index >= 15 is 0 Å². The van der Waals surface area contributed by atoms with Crippen molar-refractivity contribution in [1.82, 2.24) is 0 Å².